The SMILES string of the molecule is CC(C)[C@H](NC(=O)N1CCCCCC1C)C(=O)O. The smallest absolute Gasteiger partial charge is 0.326 e. The number of aliphatic carboxylic acids is 1. The van der Waals surface area contributed by atoms with Gasteiger partial charge in [-0.05, 0) is 25.7 Å². The molecule has 1 rings (SSSR count). The molecular formula is C13H24N2O3. The van der Waals surface area contributed by atoms with E-state index in [0.717, 1.165) is 32.2 Å². The van der Waals surface area contributed by atoms with Crippen LogP contribution in [-0.2, 0) is 4.79 Å². The van der Waals surface area contributed by atoms with Gasteiger partial charge in [0.25, 0.3) is 0 Å². The van der Waals surface area contributed by atoms with Gasteiger partial charge < -0.3 is 15.3 Å². The third kappa shape index (κ3) is 3.89. The molecule has 18 heavy (non-hydrogen) atoms. The van der Waals surface area contributed by atoms with Crippen LogP contribution < -0.4 is 5.32 Å². The molecule has 0 aromatic rings. The van der Waals surface area contributed by atoms with Crippen molar-refractivity contribution in [2.24, 2.45) is 5.92 Å². The van der Waals surface area contributed by atoms with Gasteiger partial charge in [-0.1, -0.05) is 26.7 Å². The standard InChI is InChI=1S/C13H24N2O3/c1-9(2)11(12(16)17)14-13(18)15-8-6-4-5-7-10(15)3/h9-11H,4-8H2,1-3H3,(H,14,18)(H,16,17)/t10?,11-/m0/s1. The van der Waals surface area contributed by atoms with Crippen LogP contribution in [0, 0.1) is 5.92 Å². The Kier molecular flexibility index (Phi) is 5.44. The van der Waals surface area contributed by atoms with E-state index in [0.29, 0.717) is 0 Å². The number of carbonyl (C=O) groups excluding carboxylic acids is 1. The Morgan fingerprint density at radius 2 is 1.94 bits per heavy atom. The molecule has 1 aliphatic rings. The van der Waals surface area contributed by atoms with Crippen molar-refractivity contribution in [3.05, 3.63) is 0 Å². The Morgan fingerprint density at radius 1 is 1.28 bits per heavy atom. The van der Waals surface area contributed by atoms with Crippen LogP contribution in [0.25, 0.3) is 0 Å². The lowest BCUT2D eigenvalue weighted by Crippen LogP contribution is -2.52. The third-order valence-electron chi connectivity index (χ3n) is 3.53. The second-order valence-electron chi connectivity index (χ2n) is 5.40. The summed E-state index contributed by atoms with van der Waals surface area (Å²) in [5.74, 6) is -1.09. The first-order valence-electron chi connectivity index (χ1n) is 6.73. The number of likely N-dealkylation sites (tertiary alicyclic amines) is 1. The summed E-state index contributed by atoms with van der Waals surface area (Å²) in [7, 11) is 0. The molecule has 0 aromatic carbocycles. The molecule has 0 aliphatic carbocycles. The van der Waals surface area contributed by atoms with Crippen molar-refractivity contribution in [1.29, 1.82) is 0 Å². The fourth-order valence-electron chi connectivity index (χ4n) is 2.31. The van der Waals surface area contributed by atoms with Crippen molar-refractivity contribution in [1.82, 2.24) is 10.2 Å². The first kappa shape index (κ1) is 14.8. The van der Waals surface area contributed by atoms with Gasteiger partial charge >= 0.3 is 12.0 Å². The minimum atomic E-state index is -0.971. The number of carbonyl (C=O) groups is 2. The Hall–Kier alpha value is -1.26. The summed E-state index contributed by atoms with van der Waals surface area (Å²) in [6.45, 7) is 6.34. The first-order valence-corrected chi connectivity index (χ1v) is 6.73. The maximum atomic E-state index is 12.1. The van der Waals surface area contributed by atoms with Crippen LogP contribution in [0.5, 0.6) is 0 Å². The largest absolute Gasteiger partial charge is 0.480 e. The zero-order valence-electron chi connectivity index (χ0n) is 11.5. The van der Waals surface area contributed by atoms with Gasteiger partial charge in [-0.15, -0.1) is 0 Å². The molecule has 2 atom stereocenters. The summed E-state index contributed by atoms with van der Waals surface area (Å²) in [5.41, 5.74) is 0. The number of nitrogens with one attached hydrogen (secondary N) is 1. The second-order valence-corrected chi connectivity index (χ2v) is 5.40. The summed E-state index contributed by atoms with van der Waals surface area (Å²) >= 11 is 0. The van der Waals surface area contributed by atoms with E-state index in [1.165, 1.54) is 0 Å². The van der Waals surface area contributed by atoms with Crippen molar-refractivity contribution in [3.63, 3.8) is 0 Å². The molecule has 1 unspecified atom stereocenters. The lowest BCUT2D eigenvalue weighted by Gasteiger charge is -2.29. The van der Waals surface area contributed by atoms with Gasteiger partial charge in [0.1, 0.15) is 6.04 Å². The zero-order valence-corrected chi connectivity index (χ0v) is 11.5. The molecule has 1 fully saturated rings. The minimum Gasteiger partial charge on any atom is -0.480 e. The molecule has 0 saturated carbocycles. The summed E-state index contributed by atoms with van der Waals surface area (Å²) in [6, 6.07) is -0.868. The number of hydrogen-bond acceptors (Lipinski definition) is 2. The van der Waals surface area contributed by atoms with E-state index in [1.54, 1.807) is 18.7 Å². The number of amides is 2. The van der Waals surface area contributed by atoms with E-state index in [9.17, 15) is 9.59 Å². The topological polar surface area (TPSA) is 69.6 Å². The van der Waals surface area contributed by atoms with Gasteiger partial charge in [-0.2, -0.15) is 0 Å². The minimum absolute atomic E-state index is 0.117. The fraction of sp³-hybridized carbons (Fsp3) is 0.846. The van der Waals surface area contributed by atoms with Gasteiger partial charge in [-0.3, -0.25) is 0 Å². The van der Waals surface area contributed by atoms with Crippen LogP contribution >= 0.6 is 0 Å². The Bertz CT molecular complexity index is 305. The molecule has 5 heteroatoms. The average molecular weight is 256 g/mol. The molecule has 0 radical (unpaired) electrons. The van der Waals surface area contributed by atoms with Gasteiger partial charge in [-0.25, -0.2) is 9.59 Å². The molecule has 0 bridgehead atoms. The summed E-state index contributed by atoms with van der Waals surface area (Å²) in [5, 5.41) is 11.7. The van der Waals surface area contributed by atoms with E-state index in [2.05, 4.69) is 5.32 Å². The lowest BCUT2D eigenvalue weighted by atomic mass is 10.1. The first-order chi connectivity index (χ1) is 8.43. The van der Waals surface area contributed by atoms with Crippen LogP contribution in [0.4, 0.5) is 4.79 Å². The van der Waals surface area contributed by atoms with Crippen LogP contribution in [0.1, 0.15) is 46.5 Å². The molecule has 1 heterocycles. The van der Waals surface area contributed by atoms with Crippen LogP contribution in [-0.4, -0.2) is 40.6 Å². The maximum Gasteiger partial charge on any atom is 0.326 e. The molecule has 2 amide bonds. The highest BCUT2D eigenvalue weighted by atomic mass is 16.4. The van der Waals surface area contributed by atoms with E-state index < -0.39 is 12.0 Å². The summed E-state index contributed by atoms with van der Waals surface area (Å²) in [4.78, 5) is 25.0. The molecule has 5 nitrogen and oxygen atoms in total. The molecule has 1 aliphatic heterocycles. The number of rotatable bonds is 3. The predicted molar refractivity (Wildman–Crippen MR) is 69.4 cm³/mol. The quantitative estimate of drug-likeness (QED) is 0.812. The summed E-state index contributed by atoms with van der Waals surface area (Å²) in [6.07, 6.45) is 4.27. The zero-order chi connectivity index (χ0) is 13.7. The average Bonchev–Trinajstić information content (AvgIpc) is 2.49. The molecule has 1 saturated heterocycles. The Labute approximate surface area is 109 Å². The van der Waals surface area contributed by atoms with Crippen LogP contribution in [0.15, 0.2) is 0 Å². The van der Waals surface area contributed by atoms with E-state index in [1.807, 2.05) is 6.92 Å². The van der Waals surface area contributed by atoms with Crippen molar-refractivity contribution < 1.29 is 14.7 Å². The molecular weight excluding hydrogens is 232 g/mol. The Morgan fingerprint density at radius 3 is 2.50 bits per heavy atom. The molecule has 0 aromatic heterocycles. The van der Waals surface area contributed by atoms with Crippen LogP contribution in [0.3, 0.4) is 0 Å². The van der Waals surface area contributed by atoms with E-state index in [4.69, 9.17) is 5.11 Å². The molecule has 2 N–H and O–H groups in total. The van der Waals surface area contributed by atoms with Gasteiger partial charge in [0.2, 0.25) is 0 Å². The number of urea groups is 1. The molecule has 104 valence electrons. The van der Waals surface area contributed by atoms with Gasteiger partial charge in [0.05, 0.1) is 0 Å². The number of nitrogens with zero attached hydrogens (tertiary/aromatic N) is 1. The van der Waals surface area contributed by atoms with Crippen molar-refractivity contribution >= 4 is 12.0 Å². The second kappa shape index (κ2) is 6.61. The van der Waals surface area contributed by atoms with E-state index in [-0.39, 0.29) is 18.0 Å². The highest BCUT2D eigenvalue weighted by molar-refractivity contribution is 5.82. The number of hydrogen-bond donors (Lipinski definition) is 2. The highest BCUT2D eigenvalue weighted by Gasteiger charge is 2.28. The molecule has 0 spiro atoms. The Balaban J connectivity index is 2.64. The van der Waals surface area contributed by atoms with Crippen molar-refractivity contribution in [2.45, 2.75) is 58.5 Å². The predicted octanol–water partition coefficient (Wildman–Crippen LogP) is 2.07. The van der Waals surface area contributed by atoms with E-state index >= 15 is 0 Å². The fourth-order valence-corrected chi connectivity index (χ4v) is 2.31. The normalized spacial score (nSPS) is 22.4. The van der Waals surface area contributed by atoms with Gasteiger partial charge in [0, 0.05) is 12.6 Å². The van der Waals surface area contributed by atoms with Crippen LogP contribution in [0.2, 0.25) is 0 Å². The lowest BCUT2D eigenvalue weighted by molar-refractivity contribution is -0.140. The highest BCUT2D eigenvalue weighted by Crippen LogP contribution is 2.16. The van der Waals surface area contributed by atoms with Crippen molar-refractivity contribution in [2.75, 3.05) is 6.54 Å². The third-order valence-corrected chi connectivity index (χ3v) is 3.53. The van der Waals surface area contributed by atoms with Crippen molar-refractivity contribution in [3.8, 4) is 0 Å². The maximum absolute atomic E-state index is 12.1. The number of carboxylic acids is 1. The monoisotopic (exact) mass is 256 g/mol. The van der Waals surface area contributed by atoms with Gasteiger partial charge in [0.15, 0.2) is 0 Å². The summed E-state index contributed by atoms with van der Waals surface area (Å²) < 4.78 is 0. The number of carboxylic acid groups (broad SMARTS) is 1.